The first-order chi connectivity index (χ1) is 11.0. The van der Waals surface area contributed by atoms with Crippen molar-refractivity contribution < 1.29 is 31.4 Å². The van der Waals surface area contributed by atoms with E-state index < -0.39 is 41.5 Å². The number of nitrogens with zero attached hydrogens (tertiary/aromatic N) is 2. The van der Waals surface area contributed by atoms with Crippen LogP contribution in [0.25, 0.3) is 0 Å². The third-order valence-electron chi connectivity index (χ3n) is 4.19. The Morgan fingerprint density at radius 3 is 2.38 bits per heavy atom. The van der Waals surface area contributed by atoms with Gasteiger partial charge in [-0.25, -0.2) is 0 Å². The van der Waals surface area contributed by atoms with Gasteiger partial charge in [0.15, 0.2) is 6.10 Å². The van der Waals surface area contributed by atoms with Crippen molar-refractivity contribution in [2.45, 2.75) is 37.8 Å². The molecule has 1 N–H and O–H groups in total. The molecule has 1 fully saturated rings. The molecule has 1 saturated heterocycles. The van der Waals surface area contributed by atoms with E-state index in [2.05, 4.69) is 0 Å². The van der Waals surface area contributed by atoms with Gasteiger partial charge in [-0.1, -0.05) is 6.92 Å². The second-order valence-corrected chi connectivity index (χ2v) is 5.78. The number of halogens is 6. The minimum absolute atomic E-state index is 0.0855. The van der Waals surface area contributed by atoms with Crippen LogP contribution in [0.1, 0.15) is 24.5 Å². The van der Waals surface area contributed by atoms with Crippen LogP contribution in [-0.2, 0) is 6.18 Å². The molecule has 3 nitrogen and oxygen atoms in total. The predicted octanol–water partition coefficient (Wildman–Crippen LogP) is 3.72. The zero-order valence-electron chi connectivity index (χ0n) is 12.5. The second kappa shape index (κ2) is 6.16. The molecule has 2 rings (SSSR count). The van der Waals surface area contributed by atoms with E-state index in [1.807, 2.05) is 0 Å². The van der Waals surface area contributed by atoms with Gasteiger partial charge in [0.1, 0.15) is 0 Å². The number of hydrogen-bond acceptors (Lipinski definition) is 3. The maximum absolute atomic E-state index is 13.0. The Bertz CT molecular complexity index is 649. The molecular weight excluding hydrogens is 338 g/mol. The lowest BCUT2D eigenvalue weighted by molar-refractivity contribution is -0.211. The van der Waals surface area contributed by atoms with Gasteiger partial charge in [0.05, 0.1) is 23.2 Å². The van der Waals surface area contributed by atoms with Crippen LogP contribution < -0.4 is 4.90 Å². The molecule has 1 heterocycles. The molecule has 0 saturated carbocycles. The van der Waals surface area contributed by atoms with Gasteiger partial charge in [-0.3, -0.25) is 0 Å². The summed E-state index contributed by atoms with van der Waals surface area (Å²) in [6.45, 7) is 1.59. The third-order valence-corrected chi connectivity index (χ3v) is 4.19. The summed E-state index contributed by atoms with van der Waals surface area (Å²) in [6.07, 6.45) is -12.0. The van der Waals surface area contributed by atoms with Gasteiger partial charge in [0.25, 0.3) is 0 Å². The minimum Gasteiger partial charge on any atom is -0.382 e. The van der Waals surface area contributed by atoms with Crippen LogP contribution in [0.3, 0.4) is 0 Å². The molecule has 1 aromatic carbocycles. The number of hydrogen-bond donors (Lipinski definition) is 1. The highest BCUT2D eigenvalue weighted by Crippen LogP contribution is 2.39. The zero-order chi connectivity index (χ0) is 18.3. The summed E-state index contributed by atoms with van der Waals surface area (Å²) in [5.41, 5.74) is -1.91. The minimum atomic E-state index is -4.87. The van der Waals surface area contributed by atoms with Crippen molar-refractivity contribution in [2.24, 2.45) is 5.92 Å². The van der Waals surface area contributed by atoms with E-state index in [1.165, 1.54) is 19.1 Å². The molecule has 3 atom stereocenters. The van der Waals surface area contributed by atoms with Gasteiger partial charge < -0.3 is 10.0 Å². The third kappa shape index (κ3) is 3.43. The topological polar surface area (TPSA) is 47.3 Å². The standard InChI is InChI=1S/C15H14F6N2O/c1-8-4-5-23(12(8)13(24)15(19,20)21)10-3-2-9(7-22)11(6-10)14(16,17)18/h2-3,6,8,12-13,24H,4-5H2,1H3/t8-,12+,13-/m0/s1. The molecule has 0 aliphatic carbocycles. The molecule has 0 amide bonds. The summed E-state index contributed by atoms with van der Waals surface area (Å²) in [5.74, 6) is -0.549. The molecule has 1 aliphatic heterocycles. The highest BCUT2D eigenvalue weighted by Gasteiger charge is 2.50. The van der Waals surface area contributed by atoms with Gasteiger partial charge in [-0.2, -0.15) is 31.6 Å². The summed E-state index contributed by atoms with van der Waals surface area (Å²) in [6, 6.07) is 2.80. The van der Waals surface area contributed by atoms with Crippen molar-refractivity contribution in [3.8, 4) is 6.07 Å². The monoisotopic (exact) mass is 352 g/mol. The predicted molar refractivity (Wildman–Crippen MR) is 73.1 cm³/mol. The molecule has 0 unspecified atom stereocenters. The fourth-order valence-electron chi connectivity index (χ4n) is 2.99. The highest BCUT2D eigenvalue weighted by atomic mass is 19.4. The smallest absolute Gasteiger partial charge is 0.382 e. The van der Waals surface area contributed by atoms with Crippen LogP contribution in [0.2, 0.25) is 0 Å². The lowest BCUT2D eigenvalue weighted by atomic mass is 9.96. The lowest BCUT2D eigenvalue weighted by Crippen LogP contribution is -2.49. The molecule has 9 heteroatoms. The summed E-state index contributed by atoms with van der Waals surface area (Å²) < 4.78 is 77.6. The molecule has 24 heavy (non-hydrogen) atoms. The molecular formula is C15H14F6N2O. The van der Waals surface area contributed by atoms with Gasteiger partial charge >= 0.3 is 12.4 Å². The average molecular weight is 352 g/mol. The van der Waals surface area contributed by atoms with Gasteiger partial charge in [-0.05, 0) is 30.5 Å². The number of aliphatic hydroxyl groups is 1. The van der Waals surface area contributed by atoms with Crippen molar-refractivity contribution in [1.82, 2.24) is 0 Å². The van der Waals surface area contributed by atoms with E-state index in [-0.39, 0.29) is 12.2 Å². The highest BCUT2D eigenvalue weighted by molar-refractivity contribution is 5.56. The van der Waals surface area contributed by atoms with Crippen LogP contribution in [0, 0.1) is 17.2 Å². The quantitative estimate of drug-likeness (QED) is 0.826. The van der Waals surface area contributed by atoms with Crippen LogP contribution in [0.5, 0.6) is 0 Å². The summed E-state index contributed by atoms with van der Waals surface area (Å²) >= 11 is 0. The van der Waals surface area contributed by atoms with Crippen LogP contribution in [0.4, 0.5) is 32.0 Å². The van der Waals surface area contributed by atoms with Crippen molar-refractivity contribution in [3.63, 3.8) is 0 Å². The lowest BCUT2D eigenvalue weighted by Gasteiger charge is -2.34. The van der Waals surface area contributed by atoms with Gasteiger partial charge in [-0.15, -0.1) is 0 Å². The van der Waals surface area contributed by atoms with E-state index >= 15 is 0 Å². The van der Waals surface area contributed by atoms with Crippen molar-refractivity contribution in [1.29, 1.82) is 5.26 Å². The zero-order valence-corrected chi connectivity index (χ0v) is 12.5. The Hall–Kier alpha value is -1.95. The Labute approximate surface area is 134 Å². The van der Waals surface area contributed by atoms with E-state index in [9.17, 15) is 31.4 Å². The average Bonchev–Trinajstić information content (AvgIpc) is 2.85. The number of nitriles is 1. The number of anilines is 1. The van der Waals surface area contributed by atoms with Gasteiger partial charge in [0.2, 0.25) is 0 Å². The first kappa shape index (κ1) is 18.4. The Kier molecular flexibility index (Phi) is 4.72. The molecule has 0 spiro atoms. The van der Waals surface area contributed by atoms with Gasteiger partial charge in [0, 0.05) is 12.2 Å². The van der Waals surface area contributed by atoms with Crippen molar-refractivity contribution in [2.75, 3.05) is 11.4 Å². The van der Waals surface area contributed by atoms with E-state index in [0.29, 0.717) is 12.5 Å². The van der Waals surface area contributed by atoms with Crippen LogP contribution in [0.15, 0.2) is 18.2 Å². The molecule has 0 bridgehead atoms. The second-order valence-electron chi connectivity index (χ2n) is 5.78. The maximum Gasteiger partial charge on any atom is 0.417 e. The molecule has 0 radical (unpaired) electrons. The van der Waals surface area contributed by atoms with Crippen molar-refractivity contribution >= 4 is 5.69 Å². The largest absolute Gasteiger partial charge is 0.417 e. The normalized spacial score (nSPS) is 23.2. The first-order valence-electron chi connectivity index (χ1n) is 7.09. The molecule has 132 valence electrons. The number of alkyl halides is 6. The fourth-order valence-corrected chi connectivity index (χ4v) is 2.99. The van der Waals surface area contributed by atoms with Crippen molar-refractivity contribution in [3.05, 3.63) is 29.3 Å². The molecule has 0 aromatic heterocycles. The van der Waals surface area contributed by atoms with E-state index in [1.54, 1.807) is 0 Å². The molecule has 1 aliphatic rings. The Balaban J connectivity index is 2.45. The Morgan fingerprint density at radius 1 is 1.25 bits per heavy atom. The van der Waals surface area contributed by atoms with Crippen LogP contribution in [-0.4, -0.2) is 30.0 Å². The Morgan fingerprint density at radius 2 is 1.88 bits per heavy atom. The maximum atomic E-state index is 13.0. The molecule has 1 aromatic rings. The van der Waals surface area contributed by atoms with E-state index in [0.717, 1.165) is 11.0 Å². The van der Waals surface area contributed by atoms with E-state index in [4.69, 9.17) is 5.26 Å². The number of aliphatic hydroxyl groups excluding tert-OH is 1. The summed E-state index contributed by atoms with van der Waals surface area (Å²) in [4.78, 5) is 1.12. The first-order valence-corrected chi connectivity index (χ1v) is 7.09. The fraction of sp³-hybridized carbons (Fsp3) is 0.533. The van der Waals surface area contributed by atoms with Crippen LogP contribution >= 0.6 is 0 Å². The SMILES string of the molecule is C[C@H]1CCN(c2ccc(C#N)c(C(F)(F)F)c2)[C@H]1[C@H](O)C(F)(F)F. The summed E-state index contributed by atoms with van der Waals surface area (Å²) in [7, 11) is 0. The number of benzene rings is 1. The summed E-state index contributed by atoms with van der Waals surface area (Å²) in [5, 5.41) is 18.4. The number of rotatable bonds is 2.